The Bertz CT molecular complexity index is 604. The minimum atomic E-state index is -0.676. The summed E-state index contributed by atoms with van der Waals surface area (Å²) in [5, 5.41) is 0. The number of hydrogen-bond acceptors (Lipinski definition) is 4. The molecule has 1 atom stereocenters. The predicted octanol–water partition coefficient (Wildman–Crippen LogP) is 3.69. The van der Waals surface area contributed by atoms with Gasteiger partial charge in [-0.15, -0.1) is 0 Å². The molecule has 0 spiro atoms. The van der Waals surface area contributed by atoms with Crippen molar-refractivity contribution in [1.82, 2.24) is 4.90 Å². The molecule has 2 rings (SSSR count). The first-order valence-electron chi connectivity index (χ1n) is 8.13. The van der Waals surface area contributed by atoms with Gasteiger partial charge in [0.2, 0.25) is 0 Å². The number of benzene rings is 1. The lowest BCUT2D eigenvalue weighted by Gasteiger charge is -2.36. The van der Waals surface area contributed by atoms with E-state index in [-0.39, 0.29) is 6.61 Å². The number of esters is 1. The molecule has 0 aromatic heterocycles. The fourth-order valence-corrected chi connectivity index (χ4v) is 2.49. The maximum Gasteiger partial charge on any atom is 0.411 e. The Morgan fingerprint density at radius 1 is 1.25 bits per heavy atom. The summed E-state index contributed by atoms with van der Waals surface area (Å²) in [4.78, 5) is 26.3. The van der Waals surface area contributed by atoms with Gasteiger partial charge >= 0.3 is 12.1 Å². The van der Waals surface area contributed by atoms with Gasteiger partial charge in [0.15, 0.2) is 0 Å². The van der Waals surface area contributed by atoms with Crippen LogP contribution in [0.2, 0.25) is 0 Å². The SMILES string of the molecule is C=C1CCN(C(=O)OC(C)(C)C)[C@H](C(=O)OCc2ccccc2)C1. The predicted molar refractivity (Wildman–Crippen MR) is 91.3 cm³/mol. The first-order chi connectivity index (χ1) is 11.3. The molecule has 1 fully saturated rings. The van der Waals surface area contributed by atoms with E-state index in [1.54, 1.807) is 20.8 Å². The van der Waals surface area contributed by atoms with Crippen LogP contribution in [0, 0.1) is 0 Å². The Morgan fingerprint density at radius 3 is 2.54 bits per heavy atom. The Balaban J connectivity index is 2.03. The fourth-order valence-electron chi connectivity index (χ4n) is 2.49. The fraction of sp³-hybridized carbons (Fsp3) is 0.474. The molecule has 0 saturated carbocycles. The van der Waals surface area contributed by atoms with Gasteiger partial charge < -0.3 is 9.47 Å². The van der Waals surface area contributed by atoms with Crippen molar-refractivity contribution in [3.05, 3.63) is 48.0 Å². The highest BCUT2D eigenvalue weighted by Crippen LogP contribution is 2.24. The molecule has 24 heavy (non-hydrogen) atoms. The van der Waals surface area contributed by atoms with Crippen molar-refractivity contribution in [3.63, 3.8) is 0 Å². The van der Waals surface area contributed by atoms with E-state index >= 15 is 0 Å². The molecule has 1 amide bonds. The average Bonchev–Trinajstić information content (AvgIpc) is 2.51. The van der Waals surface area contributed by atoms with E-state index in [0.717, 1.165) is 11.1 Å². The zero-order valence-corrected chi connectivity index (χ0v) is 14.6. The van der Waals surface area contributed by atoms with Gasteiger partial charge in [0.25, 0.3) is 0 Å². The monoisotopic (exact) mass is 331 g/mol. The van der Waals surface area contributed by atoms with Crippen LogP contribution in [0.3, 0.4) is 0 Å². The molecule has 1 aliphatic heterocycles. The Hall–Kier alpha value is -2.30. The molecule has 1 aromatic rings. The summed E-state index contributed by atoms with van der Waals surface area (Å²) in [6.07, 6.45) is 0.589. The van der Waals surface area contributed by atoms with E-state index in [9.17, 15) is 9.59 Å². The first-order valence-corrected chi connectivity index (χ1v) is 8.13. The number of rotatable bonds is 3. The normalized spacial score (nSPS) is 18.2. The summed E-state index contributed by atoms with van der Waals surface area (Å²) in [6, 6.07) is 8.78. The molecule has 5 heteroatoms. The summed E-state index contributed by atoms with van der Waals surface area (Å²) in [6.45, 7) is 9.95. The van der Waals surface area contributed by atoms with E-state index in [2.05, 4.69) is 6.58 Å². The van der Waals surface area contributed by atoms with Crippen LogP contribution in [0.15, 0.2) is 42.5 Å². The number of amides is 1. The lowest BCUT2D eigenvalue weighted by atomic mass is 9.98. The number of piperidine rings is 1. The van der Waals surface area contributed by atoms with Gasteiger partial charge in [0.1, 0.15) is 18.2 Å². The number of nitrogens with zero attached hydrogens (tertiary/aromatic N) is 1. The van der Waals surface area contributed by atoms with E-state index in [4.69, 9.17) is 9.47 Å². The molecule has 0 radical (unpaired) electrons. The van der Waals surface area contributed by atoms with E-state index in [0.29, 0.717) is 19.4 Å². The standard InChI is InChI=1S/C19H25NO4/c1-14-10-11-20(18(22)24-19(2,3)4)16(12-14)17(21)23-13-15-8-6-5-7-9-15/h5-9,16H,1,10-13H2,2-4H3/t16-/m0/s1. The number of hydrogen-bond donors (Lipinski definition) is 0. The molecule has 0 unspecified atom stereocenters. The molecular formula is C19H25NO4. The van der Waals surface area contributed by atoms with Gasteiger partial charge in [-0.25, -0.2) is 9.59 Å². The summed E-state index contributed by atoms with van der Waals surface area (Å²) in [5.41, 5.74) is 1.24. The zero-order valence-electron chi connectivity index (χ0n) is 14.6. The summed E-state index contributed by atoms with van der Waals surface area (Å²) >= 11 is 0. The zero-order chi connectivity index (χ0) is 17.7. The molecule has 1 saturated heterocycles. The van der Waals surface area contributed by atoms with Crippen LogP contribution in [0.4, 0.5) is 4.79 Å². The van der Waals surface area contributed by atoms with Gasteiger partial charge in [-0.3, -0.25) is 4.90 Å². The third-order valence-electron chi connectivity index (χ3n) is 3.69. The highest BCUT2D eigenvalue weighted by atomic mass is 16.6. The lowest BCUT2D eigenvalue weighted by Crippen LogP contribution is -2.50. The van der Waals surface area contributed by atoms with Crippen LogP contribution in [0.25, 0.3) is 0 Å². The van der Waals surface area contributed by atoms with Gasteiger partial charge in [-0.2, -0.15) is 0 Å². The van der Waals surface area contributed by atoms with Gasteiger partial charge in [0.05, 0.1) is 0 Å². The maximum absolute atomic E-state index is 12.5. The summed E-state index contributed by atoms with van der Waals surface area (Å²) in [7, 11) is 0. The van der Waals surface area contributed by atoms with Gasteiger partial charge in [-0.05, 0) is 39.2 Å². The van der Waals surface area contributed by atoms with Gasteiger partial charge in [0, 0.05) is 6.54 Å². The molecular weight excluding hydrogens is 306 g/mol. The Labute approximate surface area is 143 Å². The van der Waals surface area contributed by atoms with E-state index < -0.39 is 23.7 Å². The van der Waals surface area contributed by atoms with Crippen molar-refractivity contribution in [2.24, 2.45) is 0 Å². The molecule has 0 aliphatic carbocycles. The van der Waals surface area contributed by atoms with Gasteiger partial charge in [-0.1, -0.05) is 42.5 Å². The van der Waals surface area contributed by atoms with Crippen molar-refractivity contribution in [1.29, 1.82) is 0 Å². The van der Waals surface area contributed by atoms with E-state index in [1.165, 1.54) is 4.90 Å². The number of carbonyl (C=O) groups excluding carboxylic acids is 2. The van der Waals surface area contributed by atoms with Crippen LogP contribution in [-0.4, -0.2) is 35.2 Å². The third kappa shape index (κ3) is 5.11. The van der Waals surface area contributed by atoms with Crippen molar-refractivity contribution in [2.75, 3.05) is 6.54 Å². The Morgan fingerprint density at radius 2 is 1.92 bits per heavy atom. The van der Waals surface area contributed by atoms with Crippen LogP contribution in [0.1, 0.15) is 39.2 Å². The molecule has 130 valence electrons. The number of carbonyl (C=O) groups is 2. The first kappa shape index (κ1) is 18.0. The third-order valence-corrected chi connectivity index (χ3v) is 3.69. The van der Waals surface area contributed by atoms with Crippen molar-refractivity contribution >= 4 is 12.1 Å². The largest absolute Gasteiger partial charge is 0.459 e. The molecule has 5 nitrogen and oxygen atoms in total. The summed E-state index contributed by atoms with van der Waals surface area (Å²) in [5.74, 6) is -0.425. The smallest absolute Gasteiger partial charge is 0.411 e. The number of likely N-dealkylation sites (tertiary alicyclic amines) is 1. The minimum Gasteiger partial charge on any atom is -0.459 e. The highest BCUT2D eigenvalue weighted by molar-refractivity contribution is 5.82. The highest BCUT2D eigenvalue weighted by Gasteiger charge is 2.36. The molecule has 1 aromatic carbocycles. The van der Waals surface area contributed by atoms with Crippen LogP contribution >= 0.6 is 0 Å². The quantitative estimate of drug-likeness (QED) is 0.626. The second kappa shape index (κ2) is 7.51. The molecule has 1 heterocycles. The topological polar surface area (TPSA) is 55.8 Å². The number of ether oxygens (including phenoxy) is 2. The Kier molecular flexibility index (Phi) is 5.65. The molecule has 0 N–H and O–H groups in total. The average molecular weight is 331 g/mol. The summed E-state index contributed by atoms with van der Waals surface area (Å²) < 4.78 is 10.8. The van der Waals surface area contributed by atoms with Crippen LogP contribution in [-0.2, 0) is 20.9 Å². The van der Waals surface area contributed by atoms with Crippen molar-refractivity contribution in [3.8, 4) is 0 Å². The maximum atomic E-state index is 12.5. The van der Waals surface area contributed by atoms with E-state index in [1.807, 2.05) is 30.3 Å². The molecule has 1 aliphatic rings. The van der Waals surface area contributed by atoms with Crippen LogP contribution in [0.5, 0.6) is 0 Å². The van der Waals surface area contributed by atoms with Crippen molar-refractivity contribution in [2.45, 2.75) is 51.9 Å². The van der Waals surface area contributed by atoms with Crippen molar-refractivity contribution < 1.29 is 19.1 Å². The minimum absolute atomic E-state index is 0.185. The van der Waals surface area contributed by atoms with Crippen LogP contribution < -0.4 is 0 Å². The second-order valence-corrected chi connectivity index (χ2v) is 6.99. The molecule has 0 bridgehead atoms. The second-order valence-electron chi connectivity index (χ2n) is 6.99. The lowest BCUT2D eigenvalue weighted by molar-refractivity contribution is -0.151.